The van der Waals surface area contributed by atoms with E-state index in [0.29, 0.717) is 30.9 Å². The number of hydrogen-bond acceptors (Lipinski definition) is 5. The lowest BCUT2D eigenvalue weighted by Crippen LogP contribution is -2.35. The number of carboxylic acid groups (broad SMARTS) is 1. The van der Waals surface area contributed by atoms with Gasteiger partial charge in [-0.15, -0.1) is 0 Å². The Balaban J connectivity index is 1.97. The summed E-state index contributed by atoms with van der Waals surface area (Å²) < 4.78 is 1.37. The van der Waals surface area contributed by atoms with Crippen molar-refractivity contribution in [3.05, 3.63) is 58.3 Å². The van der Waals surface area contributed by atoms with Crippen LogP contribution < -0.4 is 11.0 Å². The van der Waals surface area contributed by atoms with E-state index in [1.807, 2.05) is 30.3 Å². The Kier molecular flexibility index (Phi) is 3.69. The number of anilines is 1. The van der Waals surface area contributed by atoms with E-state index in [-0.39, 0.29) is 5.56 Å². The molecule has 2 heterocycles. The molecular formula is C15H14N4O3. The Labute approximate surface area is 125 Å². The van der Waals surface area contributed by atoms with Gasteiger partial charge in [0.15, 0.2) is 5.82 Å². The lowest BCUT2D eigenvalue weighted by molar-refractivity contribution is 0.0693. The summed E-state index contributed by atoms with van der Waals surface area (Å²) in [6.07, 6.45) is 2.49. The van der Waals surface area contributed by atoms with Crippen molar-refractivity contribution in [3.8, 4) is 0 Å². The third-order valence-corrected chi connectivity index (χ3v) is 3.42. The zero-order valence-electron chi connectivity index (χ0n) is 11.7. The van der Waals surface area contributed by atoms with Crippen LogP contribution in [0.1, 0.15) is 29.0 Å². The molecule has 2 aromatic rings. The van der Waals surface area contributed by atoms with Crippen LogP contribution in [0.5, 0.6) is 0 Å². The minimum absolute atomic E-state index is 0.319. The zero-order valence-corrected chi connectivity index (χ0v) is 11.7. The standard InChI is InChI=1S/C15H14N4O3/c20-14-11(15(21)22)9-16-13-12(7-4-8-19(13)14)18-17-10-5-2-1-3-6-10/h1-3,5-6,9,17H,4,7-8H2,(H,21,22)/b18-12+. The molecule has 2 N–H and O–H groups in total. The van der Waals surface area contributed by atoms with Gasteiger partial charge in [0, 0.05) is 12.7 Å². The molecule has 22 heavy (non-hydrogen) atoms. The summed E-state index contributed by atoms with van der Waals surface area (Å²) in [6, 6.07) is 9.43. The number of hydrogen-bond donors (Lipinski definition) is 2. The number of nitrogens with one attached hydrogen (secondary N) is 1. The summed E-state index contributed by atoms with van der Waals surface area (Å²) in [7, 11) is 0. The van der Waals surface area contributed by atoms with Gasteiger partial charge in [0.25, 0.3) is 5.56 Å². The molecule has 1 aliphatic rings. The molecule has 0 amide bonds. The minimum atomic E-state index is -1.26. The molecule has 1 aliphatic heterocycles. The molecule has 0 saturated carbocycles. The highest BCUT2D eigenvalue weighted by Gasteiger charge is 2.22. The van der Waals surface area contributed by atoms with Gasteiger partial charge in [0.1, 0.15) is 11.3 Å². The quantitative estimate of drug-likeness (QED) is 0.838. The van der Waals surface area contributed by atoms with Crippen LogP contribution in [0.2, 0.25) is 0 Å². The van der Waals surface area contributed by atoms with Crippen LogP contribution in [0.3, 0.4) is 0 Å². The first-order valence-electron chi connectivity index (χ1n) is 6.88. The second-order valence-electron chi connectivity index (χ2n) is 4.90. The summed E-state index contributed by atoms with van der Waals surface area (Å²) in [4.78, 5) is 27.3. The number of carbonyl (C=O) groups is 1. The van der Waals surface area contributed by atoms with Crippen molar-refractivity contribution in [2.75, 3.05) is 5.43 Å². The zero-order chi connectivity index (χ0) is 15.5. The molecule has 1 aromatic heterocycles. The molecule has 0 fully saturated rings. The monoisotopic (exact) mass is 298 g/mol. The van der Waals surface area contributed by atoms with E-state index >= 15 is 0 Å². The summed E-state index contributed by atoms with van der Waals surface area (Å²) in [5, 5.41) is 13.3. The predicted molar refractivity (Wildman–Crippen MR) is 81.3 cm³/mol. The lowest BCUT2D eigenvalue weighted by Gasteiger charge is -2.19. The molecule has 7 heteroatoms. The first-order chi connectivity index (χ1) is 10.7. The molecule has 3 rings (SSSR count). The number of benzene rings is 1. The number of nitrogens with zero attached hydrogens (tertiary/aromatic N) is 3. The van der Waals surface area contributed by atoms with E-state index < -0.39 is 11.5 Å². The molecule has 0 spiro atoms. The average Bonchev–Trinajstić information content (AvgIpc) is 2.54. The molecule has 7 nitrogen and oxygen atoms in total. The first-order valence-corrected chi connectivity index (χ1v) is 6.88. The summed E-state index contributed by atoms with van der Waals surface area (Å²) in [6.45, 7) is 0.451. The van der Waals surface area contributed by atoms with E-state index in [0.717, 1.165) is 11.9 Å². The Bertz CT molecular complexity index is 796. The Morgan fingerprint density at radius 2 is 2.09 bits per heavy atom. The molecule has 0 atom stereocenters. The van der Waals surface area contributed by atoms with Crippen LogP contribution in [0.25, 0.3) is 0 Å². The van der Waals surface area contributed by atoms with Gasteiger partial charge in [-0.25, -0.2) is 9.78 Å². The number of rotatable bonds is 3. The van der Waals surface area contributed by atoms with Crippen LogP contribution in [-0.4, -0.2) is 26.3 Å². The van der Waals surface area contributed by atoms with Gasteiger partial charge >= 0.3 is 5.97 Å². The van der Waals surface area contributed by atoms with Crippen molar-refractivity contribution in [2.24, 2.45) is 5.10 Å². The molecule has 1 aromatic carbocycles. The van der Waals surface area contributed by atoms with Crippen molar-refractivity contribution in [2.45, 2.75) is 19.4 Å². The van der Waals surface area contributed by atoms with Gasteiger partial charge in [0.2, 0.25) is 0 Å². The number of carboxylic acids is 1. The third kappa shape index (κ3) is 2.60. The normalized spacial score (nSPS) is 15.4. The molecule has 0 radical (unpaired) electrons. The Hall–Kier alpha value is -2.96. The summed E-state index contributed by atoms with van der Waals surface area (Å²) in [5.74, 6) is -0.844. The molecule has 0 saturated heterocycles. The molecular weight excluding hydrogens is 284 g/mol. The van der Waals surface area contributed by atoms with Gasteiger partial charge in [-0.05, 0) is 25.0 Å². The molecule has 0 unspecified atom stereocenters. The fraction of sp³-hybridized carbons (Fsp3) is 0.200. The Morgan fingerprint density at radius 1 is 1.32 bits per heavy atom. The maximum Gasteiger partial charge on any atom is 0.342 e. The van der Waals surface area contributed by atoms with E-state index in [1.54, 1.807) is 0 Å². The van der Waals surface area contributed by atoms with Gasteiger partial charge in [-0.1, -0.05) is 18.2 Å². The van der Waals surface area contributed by atoms with Crippen LogP contribution in [0.4, 0.5) is 5.69 Å². The number of para-hydroxylation sites is 1. The third-order valence-electron chi connectivity index (χ3n) is 3.42. The topological polar surface area (TPSA) is 96.6 Å². The highest BCUT2D eigenvalue weighted by atomic mass is 16.4. The van der Waals surface area contributed by atoms with E-state index in [2.05, 4.69) is 15.5 Å². The SMILES string of the molecule is O=C(O)c1cnc2n(c1=O)CCC/C2=N\Nc1ccccc1. The van der Waals surface area contributed by atoms with Crippen molar-refractivity contribution in [1.29, 1.82) is 0 Å². The van der Waals surface area contributed by atoms with Crippen molar-refractivity contribution >= 4 is 17.4 Å². The first kappa shape index (κ1) is 14.0. The highest BCUT2D eigenvalue weighted by Crippen LogP contribution is 2.13. The number of hydrazone groups is 1. The second kappa shape index (κ2) is 5.80. The summed E-state index contributed by atoms with van der Waals surface area (Å²) in [5.41, 5.74) is 3.55. The van der Waals surface area contributed by atoms with E-state index in [9.17, 15) is 9.59 Å². The number of fused-ring (bicyclic) bond motifs is 1. The molecule has 112 valence electrons. The van der Waals surface area contributed by atoms with Gasteiger partial charge in [-0.2, -0.15) is 5.10 Å². The van der Waals surface area contributed by atoms with Crippen LogP contribution >= 0.6 is 0 Å². The van der Waals surface area contributed by atoms with Gasteiger partial charge in [-0.3, -0.25) is 14.8 Å². The maximum absolute atomic E-state index is 12.1. The van der Waals surface area contributed by atoms with Crippen molar-refractivity contribution < 1.29 is 9.90 Å². The predicted octanol–water partition coefficient (Wildman–Crippen LogP) is 1.55. The lowest BCUT2D eigenvalue weighted by atomic mass is 10.1. The smallest absolute Gasteiger partial charge is 0.342 e. The maximum atomic E-state index is 12.1. The molecule has 0 bridgehead atoms. The summed E-state index contributed by atoms with van der Waals surface area (Å²) >= 11 is 0. The largest absolute Gasteiger partial charge is 0.477 e. The number of aromatic nitrogens is 2. The average molecular weight is 298 g/mol. The minimum Gasteiger partial charge on any atom is -0.477 e. The Morgan fingerprint density at radius 3 is 2.82 bits per heavy atom. The number of aromatic carboxylic acids is 1. The van der Waals surface area contributed by atoms with Gasteiger partial charge < -0.3 is 5.11 Å². The van der Waals surface area contributed by atoms with Crippen molar-refractivity contribution in [1.82, 2.24) is 9.55 Å². The van der Waals surface area contributed by atoms with Crippen molar-refractivity contribution in [3.63, 3.8) is 0 Å². The molecule has 0 aliphatic carbocycles. The van der Waals surface area contributed by atoms with E-state index in [4.69, 9.17) is 5.11 Å². The van der Waals surface area contributed by atoms with Crippen LogP contribution in [0, 0.1) is 0 Å². The fourth-order valence-electron chi connectivity index (χ4n) is 2.34. The van der Waals surface area contributed by atoms with Crippen LogP contribution in [0.15, 0.2) is 46.4 Å². The van der Waals surface area contributed by atoms with Gasteiger partial charge in [0.05, 0.1) is 5.69 Å². The van der Waals surface area contributed by atoms with Crippen LogP contribution in [-0.2, 0) is 6.54 Å². The van der Waals surface area contributed by atoms with E-state index in [1.165, 1.54) is 4.57 Å². The highest BCUT2D eigenvalue weighted by molar-refractivity contribution is 5.99. The fourth-order valence-corrected chi connectivity index (χ4v) is 2.34. The second-order valence-corrected chi connectivity index (χ2v) is 4.90.